The van der Waals surface area contributed by atoms with E-state index in [4.69, 9.17) is 0 Å². The van der Waals surface area contributed by atoms with Crippen LogP contribution >= 0.6 is 0 Å². The summed E-state index contributed by atoms with van der Waals surface area (Å²) >= 11 is -0.125. The minimum Gasteiger partial charge on any atom is 4.00 e. The molecule has 6 heteroatoms. The Morgan fingerprint density at radius 1 is 0.941 bits per heavy atom. The van der Waals surface area contributed by atoms with Crippen molar-refractivity contribution in [1.29, 1.82) is 0 Å². The van der Waals surface area contributed by atoms with Crippen molar-refractivity contribution in [2.45, 2.75) is 6.42 Å². The first-order valence-electron chi connectivity index (χ1n) is 4.67. The van der Waals surface area contributed by atoms with Crippen LogP contribution in [0.2, 0.25) is 0 Å². The van der Waals surface area contributed by atoms with E-state index in [0.717, 1.165) is 6.42 Å². The summed E-state index contributed by atoms with van der Waals surface area (Å²) in [5.74, 6) is 0. The van der Waals surface area contributed by atoms with E-state index in [0.29, 0.717) is 0 Å². The van der Waals surface area contributed by atoms with Gasteiger partial charge in [-0.05, 0) is 0 Å². The Morgan fingerprint density at radius 2 is 1.24 bits per heavy atom. The van der Waals surface area contributed by atoms with Crippen LogP contribution in [0.15, 0.2) is 18.2 Å². The van der Waals surface area contributed by atoms with Gasteiger partial charge in [0.1, 0.15) is 0 Å². The summed E-state index contributed by atoms with van der Waals surface area (Å²) in [6.45, 7) is 0. The van der Waals surface area contributed by atoms with Gasteiger partial charge in [0.2, 0.25) is 0 Å². The maximum Gasteiger partial charge on any atom is 4.00 e. The van der Waals surface area contributed by atoms with Gasteiger partial charge >= 0.3 is 46.7 Å². The number of rotatable bonds is 0. The van der Waals surface area contributed by atoms with Gasteiger partial charge in [-0.3, -0.25) is 6.08 Å². The van der Waals surface area contributed by atoms with Crippen LogP contribution in [0.25, 0.3) is 16.0 Å². The molecule has 0 fully saturated rings. The Kier molecular flexibility index (Phi) is 97.9. The zero-order valence-corrected chi connectivity index (χ0v) is 17.3. The van der Waals surface area contributed by atoms with Crippen molar-refractivity contribution in [3.8, 4) is 0 Å². The van der Waals surface area contributed by atoms with Crippen molar-refractivity contribution in [2.24, 2.45) is 0 Å². The van der Waals surface area contributed by atoms with Gasteiger partial charge in [0.25, 0.3) is 0 Å². The predicted molar refractivity (Wildman–Crippen MR) is 76.8 cm³/mol. The van der Waals surface area contributed by atoms with E-state index in [9.17, 15) is 3.50 Å². The molecule has 1 aliphatic carbocycles. The molecule has 1 rings (SSSR count). The average molecular weight is 382 g/mol. The molecule has 1 radical (unpaired) electrons. The van der Waals surface area contributed by atoms with E-state index in [-0.39, 0.29) is 43.2 Å². The molecular weight excluding hydrogens is 357 g/mol. The van der Waals surface area contributed by atoms with Gasteiger partial charge in [-0.1, -0.05) is 0 Å². The van der Waals surface area contributed by atoms with Gasteiger partial charge in [-0.15, -0.1) is 6.42 Å². The number of hydrogen-bond acceptors (Lipinski definition) is 0. The third-order valence-electron chi connectivity index (χ3n) is 0.586. The molecule has 1 aliphatic rings. The van der Waals surface area contributed by atoms with E-state index in [2.05, 4.69) is 28.1 Å². The normalized spacial score (nSPS) is 8.71. The summed E-state index contributed by atoms with van der Waals surface area (Å²) in [5.41, 5.74) is 0. The van der Waals surface area contributed by atoms with E-state index in [1.54, 1.807) is 42.3 Å². The Labute approximate surface area is 135 Å². The Balaban J connectivity index is -0.0000000365. The molecule has 0 spiro atoms. The second-order valence-corrected chi connectivity index (χ2v) is 2.34. The van der Waals surface area contributed by atoms with Crippen molar-refractivity contribution in [3.63, 3.8) is 0 Å². The van der Waals surface area contributed by atoms with E-state index in [1.807, 2.05) is 12.2 Å². The van der Waals surface area contributed by atoms with E-state index < -0.39 is 0 Å². The molecule has 17 heavy (non-hydrogen) atoms. The summed E-state index contributed by atoms with van der Waals surface area (Å²) in [4.78, 5) is 0. The monoisotopic (exact) mass is 382 g/mol. The van der Waals surface area contributed by atoms with E-state index in [1.165, 1.54) is 0 Å². The van der Waals surface area contributed by atoms with Gasteiger partial charge in [0, 0.05) is 0 Å². The standard InChI is InChI=1S/C5H5.3C2H6N.FGeH2.Zr/c1-2-4-5-3-1;3*1-3-2;1-2;/h1-3H,4H2;3*1-2H3;2H2;/q4*-1;;+4. The zero-order valence-electron chi connectivity index (χ0n) is 11.9. The van der Waals surface area contributed by atoms with Crippen LogP contribution in [-0.4, -0.2) is 59.3 Å². The molecule has 0 N–H and O–H groups in total. The first-order chi connectivity index (χ1) is 7.74. The zero-order chi connectivity index (χ0) is 13.7. The maximum absolute atomic E-state index is 9.62. The number of nitrogens with zero attached hydrogens (tertiary/aromatic N) is 3. The minimum atomic E-state index is -0.125. The molecule has 0 aliphatic heterocycles. The van der Waals surface area contributed by atoms with Crippen molar-refractivity contribution >= 4 is 17.0 Å². The first kappa shape index (κ1) is 30.6. The van der Waals surface area contributed by atoms with Crippen molar-refractivity contribution in [1.82, 2.24) is 0 Å². The maximum atomic E-state index is 9.62. The van der Waals surface area contributed by atoms with Gasteiger partial charge < -0.3 is 16.0 Å². The Hall–Kier alpha value is 0.716. The molecule has 0 bridgehead atoms. The minimum absolute atomic E-state index is 0. The van der Waals surface area contributed by atoms with Crippen LogP contribution in [0.5, 0.6) is 0 Å². The second kappa shape index (κ2) is 54.3. The molecule has 0 atom stereocenters. The smallest absolute Gasteiger partial charge is 4.00 e. The summed E-state index contributed by atoms with van der Waals surface area (Å²) < 4.78 is 9.62. The van der Waals surface area contributed by atoms with Gasteiger partial charge in [-0.25, -0.2) is 12.2 Å². The van der Waals surface area contributed by atoms with Crippen LogP contribution in [0.4, 0.5) is 3.50 Å². The molecule has 0 heterocycles. The van der Waals surface area contributed by atoms with Crippen molar-refractivity contribution in [2.75, 3.05) is 42.3 Å². The van der Waals surface area contributed by atoms with Crippen LogP contribution in [0.3, 0.4) is 0 Å². The van der Waals surface area contributed by atoms with Gasteiger partial charge in [0.05, 0.1) is 0 Å². The van der Waals surface area contributed by atoms with Crippen molar-refractivity contribution in [3.05, 3.63) is 40.3 Å². The third kappa shape index (κ3) is 111. The summed E-state index contributed by atoms with van der Waals surface area (Å²) in [7, 11) is 10.5. The van der Waals surface area contributed by atoms with Crippen molar-refractivity contribution < 1.29 is 29.7 Å². The average Bonchev–Trinajstić information content (AvgIpc) is 2.81. The number of allylic oxidation sites excluding steroid dienone is 4. The quantitative estimate of drug-likeness (QED) is 0.457. The van der Waals surface area contributed by atoms with E-state index >= 15 is 0 Å². The number of halogens is 1. The fourth-order valence-corrected chi connectivity index (χ4v) is 0.340. The molecule has 0 unspecified atom stereocenters. The van der Waals surface area contributed by atoms with Gasteiger partial charge in [0.15, 0.2) is 0 Å². The second-order valence-electron chi connectivity index (χ2n) is 2.34. The third-order valence-corrected chi connectivity index (χ3v) is 0.586. The molecule has 0 aromatic carbocycles. The Morgan fingerprint density at radius 3 is 1.29 bits per heavy atom. The van der Waals surface area contributed by atoms with Crippen LogP contribution < -0.4 is 0 Å². The first-order valence-corrected chi connectivity index (χ1v) is 5.79. The molecule has 0 aromatic rings. The van der Waals surface area contributed by atoms with Crippen LogP contribution in [0, 0.1) is 6.08 Å². The fourth-order valence-electron chi connectivity index (χ4n) is 0.340. The molecule has 99 valence electrons. The fraction of sp³-hybridized carbons (Fsp3) is 0.636. The Bertz CT molecular complexity index is 111. The molecular formula is C11H25FGeN3Zr. The molecule has 0 saturated carbocycles. The molecule has 0 aromatic heterocycles. The van der Waals surface area contributed by atoms with Gasteiger partial charge in [-0.2, -0.15) is 48.4 Å². The summed E-state index contributed by atoms with van der Waals surface area (Å²) in [5, 5.41) is 10.5. The number of hydrogen-bond donors (Lipinski definition) is 0. The largest absolute Gasteiger partial charge is 4.00 e. The molecule has 0 amide bonds. The molecule has 0 saturated heterocycles. The SMILES string of the molecule is C[N-]C.C[N-]C.C[N-]C.[C-]1=CC=CC1.[F][GeH2].[Zr+4]. The molecule has 3 nitrogen and oxygen atoms in total. The summed E-state index contributed by atoms with van der Waals surface area (Å²) in [6.07, 6.45) is 10.0. The topological polar surface area (TPSA) is 42.3 Å². The summed E-state index contributed by atoms with van der Waals surface area (Å²) in [6, 6.07) is 0. The van der Waals surface area contributed by atoms with Crippen LogP contribution in [0.1, 0.15) is 6.42 Å². The predicted octanol–water partition coefficient (Wildman–Crippen LogP) is 2.67. The van der Waals surface area contributed by atoms with Crippen LogP contribution in [-0.2, 0) is 26.2 Å².